The van der Waals surface area contributed by atoms with E-state index in [9.17, 15) is 4.79 Å². The van der Waals surface area contributed by atoms with E-state index >= 15 is 0 Å². The molecule has 2 aromatic heterocycles. The van der Waals surface area contributed by atoms with Gasteiger partial charge in [-0.25, -0.2) is 19.7 Å². The van der Waals surface area contributed by atoms with Gasteiger partial charge in [-0.15, -0.1) is 0 Å². The standard InChI is InChI=1S/C20H21N5O2/c1-2-27-20(26)16-13-21-14-22-19(16)25-11-9-24(10-12-25)18-8-7-15-5-3-4-6-17(15)23-18/h3-8,13-14H,2,9-12H2,1H3. The van der Waals surface area contributed by atoms with Crippen molar-refractivity contribution in [2.24, 2.45) is 0 Å². The van der Waals surface area contributed by atoms with Gasteiger partial charge in [0.25, 0.3) is 0 Å². The lowest BCUT2D eigenvalue weighted by atomic mass is 10.2. The number of benzene rings is 1. The quantitative estimate of drug-likeness (QED) is 0.660. The summed E-state index contributed by atoms with van der Waals surface area (Å²) in [5, 5.41) is 1.14. The van der Waals surface area contributed by atoms with Gasteiger partial charge in [-0.2, -0.15) is 0 Å². The van der Waals surface area contributed by atoms with Crippen LogP contribution >= 0.6 is 0 Å². The lowest BCUT2D eigenvalue weighted by molar-refractivity contribution is 0.0526. The average molecular weight is 363 g/mol. The number of carbonyl (C=O) groups is 1. The van der Waals surface area contributed by atoms with E-state index in [4.69, 9.17) is 9.72 Å². The first-order chi connectivity index (χ1) is 13.3. The van der Waals surface area contributed by atoms with Crippen LogP contribution in [0.1, 0.15) is 17.3 Å². The Labute approximate surface area is 157 Å². The molecule has 3 aromatic rings. The largest absolute Gasteiger partial charge is 0.462 e. The minimum absolute atomic E-state index is 0.328. The number of esters is 1. The average Bonchev–Trinajstić information content (AvgIpc) is 2.74. The Hall–Kier alpha value is -3.22. The number of piperazine rings is 1. The SMILES string of the molecule is CCOC(=O)c1cncnc1N1CCN(c2ccc3ccccc3n2)CC1. The summed E-state index contributed by atoms with van der Waals surface area (Å²) < 4.78 is 5.12. The van der Waals surface area contributed by atoms with Crippen molar-refractivity contribution in [1.29, 1.82) is 0 Å². The van der Waals surface area contributed by atoms with Crippen LogP contribution in [0.5, 0.6) is 0 Å². The van der Waals surface area contributed by atoms with Crippen LogP contribution in [0, 0.1) is 0 Å². The molecule has 0 spiro atoms. The van der Waals surface area contributed by atoms with E-state index in [0.29, 0.717) is 18.0 Å². The molecule has 1 aliphatic heterocycles. The Balaban J connectivity index is 1.50. The van der Waals surface area contributed by atoms with Gasteiger partial charge in [0.2, 0.25) is 0 Å². The number of aromatic nitrogens is 3. The molecular weight excluding hydrogens is 342 g/mol. The third-order valence-electron chi connectivity index (χ3n) is 4.67. The number of hydrogen-bond acceptors (Lipinski definition) is 7. The summed E-state index contributed by atoms with van der Waals surface area (Å²) in [6, 6.07) is 12.3. The van der Waals surface area contributed by atoms with Crippen molar-refractivity contribution in [2.75, 3.05) is 42.6 Å². The molecule has 27 heavy (non-hydrogen) atoms. The van der Waals surface area contributed by atoms with Crippen LogP contribution in [0.25, 0.3) is 10.9 Å². The third-order valence-corrected chi connectivity index (χ3v) is 4.67. The molecule has 4 rings (SSSR count). The second-order valence-electron chi connectivity index (χ2n) is 6.32. The minimum Gasteiger partial charge on any atom is -0.462 e. The van der Waals surface area contributed by atoms with E-state index in [2.05, 4.69) is 38.0 Å². The number of pyridine rings is 1. The second-order valence-corrected chi connectivity index (χ2v) is 6.32. The van der Waals surface area contributed by atoms with E-state index in [1.165, 1.54) is 12.5 Å². The minimum atomic E-state index is -0.383. The maximum atomic E-state index is 12.2. The fraction of sp³-hybridized carbons (Fsp3) is 0.300. The highest BCUT2D eigenvalue weighted by atomic mass is 16.5. The van der Waals surface area contributed by atoms with E-state index in [0.717, 1.165) is 42.9 Å². The number of hydrogen-bond donors (Lipinski definition) is 0. The lowest BCUT2D eigenvalue weighted by Gasteiger charge is -2.36. The topological polar surface area (TPSA) is 71.5 Å². The van der Waals surface area contributed by atoms with Gasteiger partial charge in [-0.3, -0.25) is 0 Å². The van der Waals surface area contributed by atoms with Crippen LogP contribution in [0.15, 0.2) is 48.9 Å². The number of anilines is 2. The molecule has 7 heteroatoms. The van der Waals surface area contributed by atoms with Crippen LogP contribution in [-0.4, -0.2) is 53.7 Å². The van der Waals surface area contributed by atoms with Crippen LogP contribution in [0.4, 0.5) is 11.6 Å². The molecule has 3 heterocycles. The number of carbonyl (C=O) groups excluding carboxylic acids is 1. The van der Waals surface area contributed by atoms with Crippen molar-refractivity contribution < 1.29 is 9.53 Å². The van der Waals surface area contributed by atoms with Crippen LogP contribution in [-0.2, 0) is 4.74 Å². The van der Waals surface area contributed by atoms with Crippen molar-refractivity contribution in [3.05, 3.63) is 54.5 Å². The van der Waals surface area contributed by atoms with Gasteiger partial charge in [0, 0.05) is 37.8 Å². The zero-order valence-electron chi connectivity index (χ0n) is 15.2. The predicted molar refractivity (Wildman–Crippen MR) is 104 cm³/mol. The van der Waals surface area contributed by atoms with Crippen molar-refractivity contribution in [3.63, 3.8) is 0 Å². The molecule has 1 aromatic carbocycles. The Kier molecular flexibility index (Phi) is 4.82. The molecule has 0 bridgehead atoms. The fourth-order valence-electron chi connectivity index (χ4n) is 3.31. The Morgan fingerprint density at radius 1 is 1.07 bits per heavy atom. The van der Waals surface area contributed by atoms with Gasteiger partial charge in [0.15, 0.2) is 0 Å². The number of nitrogens with zero attached hydrogens (tertiary/aromatic N) is 5. The van der Waals surface area contributed by atoms with Gasteiger partial charge < -0.3 is 14.5 Å². The smallest absolute Gasteiger partial charge is 0.343 e. The monoisotopic (exact) mass is 363 g/mol. The molecule has 7 nitrogen and oxygen atoms in total. The highest BCUT2D eigenvalue weighted by Crippen LogP contribution is 2.23. The highest BCUT2D eigenvalue weighted by Gasteiger charge is 2.24. The zero-order valence-corrected chi connectivity index (χ0v) is 15.2. The van der Waals surface area contributed by atoms with Crippen LogP contribution in [0.3, 0.4) is 0 Å². The normalized spacial score (nSPS) is 14.4. The summed E-state index contributed by atoms with van der Waals surface area (Å²) in [5.41, 5.74) is 1.41. The van der Waals surface area contributed by atoms with Gasteiger partial charge in [-0.05, 0) is 25.1 Å². The first-order valence-electron chi connectivity index (χ1n) is 9.09. The zero-order chi connectivity index (χ0) is 18.6. The van der Waals surface area contributed by atoms with Gasteiger partial charge in [0.1, 0.15) is 23.5 Å². The van der Waals surface area contributed by atoms with Crippen LogP contribution < -0.4 is 9.80 Å². The summed E-state index contributed by atoms with van der Waals surface area (Å²) >= 11 is 0. The molecule has 138 valence electrons. The Bertz CT molecular complexity index is 954. The second kappa shape index (κ2) is 7.57. The highest BCUT2D eigenvalue weighted by molar-refractivity contribution is 5.94. The fourth-order valence-corrected chi connectivity index (χ4v) is 3.31. The molecule has 0 unspecified atom stereocenters. The number of para-hydroxylation sites is 1. The van der Waals surface area contributed by atoms with Crippen molar-refractivity contribution in [2.45, 2.75) is 6.92 Å². The molecule has 1 saturated heterocycles. The van der Waals surface area contributed by atoms with E-state index in [-0.39, 0.29) is 5.97 Å². The van der Waals surface area contributed by atoms with Gasteiger partial charge in [0.05, 0.1) is 12.1 Å². The van der Waals surface area contributed by atoms with Gasteiger partial charge in [-0.1, -0.05) is 18.2 Å². The summed E-state index contributed by atoms with van der Waals surface area (Å²) in [6.07, 6.45) is 2.99. The Morgan fingerprint density at radius 3 is 2.67 bits per heavy atom. The summed E-state index contributed by atoms with van der Waals surface area (Å²) in [6.45, 7) is 5.22. The number of ether oxygens (including phenoxy) is 1. The molecule has 1 aliphatic rings. The third kappa shape index (κ3) is 3.53. The Morgan fingerprint density at radius 2 is 1.85 bits per heavy atom. The number of rotatable bonds is 4. The predicted octanol–water partition coefficient (Wildman–Crippen LogP) is 2.53. The number of fused-ring (bicyclic) bond motifs is 1. The lowest BCUT2D eigenvalue weighted by Crippen LogP contribution is -2.47. The summed E-state index contributed by atoms with van der Waals surface area (Å²) in [5.74, 6) is 1.22. The molecule has 0 amide bonds. The summed E-state index contributed by atoms with van der Waals surface area (Å²) in [4.78, 5) is 29.6. The van der Waals surface area contributed by atoms with E-state index < -0.39 is 0 Å². The maximum absolute atomic E-state index is 12.2. The van der Waals surface area contributed by atoms with Crippen LogP contribution in [0.2, 0.25) is 0 Å². The van der Waals surface area contributed by atoms with E-state index in [1.54, 1.807) is 6.92 Å². The molecule has 1 fully saturated rings. The molecule has 0 saturated carbocycles. The first-order valence-corrected chi connectivity index (χ1v) is 9.09. The molecule has 0 aliphatic carbocycles. The van der Waals surface area contributed by atoms with Crippen molar-refractivity contribution in [3.8, 4) is 0 Å². The molecule has 0 atom stereocenters. The van der Waals surface area contributed by atoms with Gasteiger partial charge >= 0.3 is 5.97 Å². The van der Waals surface area contributed by atoms with Crippen molar-refractivity contribution >= 4 is 28.5 Å². The van der Waals surface area contributed by atoms with Crippen molar-refractivity contribution in [1.82, 2.24) is 15.0 Å². The summed E-state index contributed by atoms with van der Waals surface area (Å²) in [7, 11) is 0. The molecular formula is C20H21N5O2. The first kappa shape index (κ1) is 17.2. The molecule has 0 N–H and O–H groups in total. The van der Waals surface area contributed by atoms with E-state index in [1.807, 2.05) is 18.2 Å². The maximum Gasteiger partial charge on any atom is 0.343 e. The molecule has 0 radical (unpaired) electrons.